The Morgan fingerprint density at radius 3 is 2.62 bits per heavy atom. The number of non-ortho nitro benzene ring substituents is 1. The van der Waals surface area contributed by atoms with Crippen molar-refractivity contribution < 1.29 is 28.4 Å². The third-order valence-corrected chi connectivity index (χ3v) is 6.25. The van der Waals surface area contributed by atoms with Crippen LogP contribution < -0.4 is 15.1 Å². The maximum atomic E-state index is 13.8. The number of amides is 4. The number of carbonyl (C=O) groups is 3. The predicted molar refractivity (Wildman–Crippen MR) is 109 cm³/mol. The molecule has 4 amide bonds. The number of hydrogen-bond donors (Lipinski definition) is 1. The average molecular weight is 440 g/mol. The van der Waals surface area contributed by atoms with Crippen LogP contribution in [0.25, 0.3) is 0 Å². The number of rotatable bonds is 2. The first-order valence-corrected chi connectivity index (χ1v) is 9.90. The number of fused-ring (bicyclic) bond motifs is 4. The van der Waals surface area contributed by atoms with Gasteiger partial charge < -0.3 is 9.64 Å². The van der Waals surface area contributed by atoms with Crippen LogP contribution in [0.5, 0.6) is 0 Å². The number of nitrogens with zero attached hydrogens (tertiary/aromatic N) is 3. The van der Waals surface area contributed by atoms with Gasteiger partial charge in [0.1, 0.15) is 5.82 Å². The number of halogens is 1. The first kappa shape index (κ1) is 20.1. The third-order valence-electron chi connectivity index (χ3n) is 6.25. The second-order valence-corrected chi connectivity index (χ2v) is 7.88. The Kier molecular flexibility index (Phi) is 4.45. The van der Waals surface area contributed by atoms with Crippen molar-refractivity contribution in [3.63, 3.8) is 0 Å². The highest BCUT2D eigenvalue weighted by molar-refractivity contribution is 6.30. The van der Waals surface area contributed by atoms with Gasteiger partial charge in [-0.05, 0) is 35.9 Å². The summed E-state index contributed by atoms with van der Waals surface area (Å²) in [7, 11) is 0. The minimum atomic E-state index is -1.76. The molecule has 0 aliphatic carbocycles. The highest BCUT2D eigenvalue weighted by atomic mass is 19.1. The second kappa shape index (κ2) is 7.09. The highest BCUT2D eigenvalue weighted by Gasteiger charge is 2.63. The van der Waals surface area contributed by atoms with Crippen molar-refractivity contribution in [3.05, 3.63) is 64.0 Å². The molecule has 2 unspecified atom stereocenters. The lowest BCUT2D eigenvalue weighted by Gasteiger charge is -2.53. The number of ether oxygens (including phenoxy) is 1. The smallest absolute Gasteiger partial charge is 0.335 e. The zero-order chi connectivity index (χ0) is 22.6. The molecule has 2 aromatic rings. The summed E-state index contributed by atoms with van der Waals surface area (Å²) in [6.45, 7) is 0.767. The summed E-state index contributed by atoms with van der Waals surface area (Å²) in [5, 5.41) is 13.6. The summed E-state index contributed by atoms with van der Waals surface area (Å²) in [5.74, 6) is -2.12. The van der Waals surface area contributed by atoms with E-state index in [9.17, 15) is 28.9 Å². The molecule has 3 heterocycles. The van der Waals surface area contributed by atoms with E-state index in [0.29, 0.717) is 24.4 Å². The average Bonchev–Trinajstić information content (AvgIpc) is 2.78. The topological polar surface area (TPSA) is 122 Å². The molecule has 164 valence electrons. The molecule has 3 aliphatic rings. The van der Waals surface area contributed by atoms with Crippen molar-refractivity contribution in [3.8, 4) is 0 Å². The van der Waals surface area contributed by atoms with E-state index in [2.05, 4.69) is 5.32 Å². The van der Waals surface area contributed by atoms with Crippen molar-refractivity contribution >= 4 is 34.9 Å². The Morgan fingerprint density at radius 1 is 1.16 bits per heavy atom. The SMILES string of the molecule is O=C1NC(=O)C2(Cc3cc([N+](=O)[O-])ccc3N3CCOCC32)C(=O)N1c1ccc(F)cc1. The molecule has 11 heteroatoms. The zero-order valence-corrected chi connectivity index (χ0v) is 16.6. The molecule has 0 saturated carbocycles. The normalized spacial score (nSPS) is 24.8. The monoisotopic (exact) mass is 440 g/mol. The molecule has 1 N–H and O–H groups in total. The Balaban J connectivity index is 1.66. The lowest BCUT2D eigenvalue weighted by molar-refractivity contribution is -0.384. The van der Waals surface area contributed by atoms with E-state index in [1.54, 1.807) is 6.07 Å². The van der Waals surface area contributed by atoms with Crippen LogP contribution in [0.2, 0.25) is 0 Å². The minimum Gasteiger partial charge on any atom is -0.377 e. The van der Waals surface area contributed by atoms with Crippen LogP contribution in [0.1, 0.15) is 5.56 Å². The number of carbonyl (C=O) groups excluding carboxylic acids is 3. The Hall–Kier alpha value is -3.86. The lowest BCUT2D eigenvalue weighted by atomic mass is 9.68. The largest absolute Gasteiger partial charge is 0.377 e. The Bertz CT molecular complexity index is 1170. The molecule has 3 aliphatic heterocycles. The highest BCUT2D eigenvalue weighted by Crippen LogP contribution is 2.46. The number of barbiturate groups is 1. The molecule has 32 heavy (non-hydrogen) atoms. The third kappa shape index (κ3) is 2.78. The van der Waals surface area contributed by atoms with E-state index >= 15 is 0 Å². The van der Waals surface area contributed by atoms with Crippen molar-refractivity contribution in [2.75, 3.05) is 29.6 Å². The first-order chi connectivity index (χ1) is 15.3. The summed E-state index contributed by atoms with van der Waals surface area (Å²) in [6.07, 6.45) is -0.149. The van der Waals surface area contributed by atoms with Crippen LogP contribution in [0, 0.1) is 21.3 Å². The number of anilines is 2. The van der Waals surface area contributed by atoms with Crippen LogP contribution in [0.4, 0.5) is 26.2 Å². The summed E-state index contributed by atoms with van der Waals surface area (Å²) in [4.78, 5) is 53.1. The lowest BCUT2D eigenvalue weighted by Crippen LogP contribution is -2.74. The van der Waals surface area contributed by atoms with Gasteiger partial charge in [0.25, 0.3) is 11.6 Å². The maximum Gasteiger partial charge on any atom is 0.335 e. The van der Waals surface area contributed by atoms with Gasteiger partial charge in [-0.2, -0.15) is 0 Å². The fourth-order valence-electron chi connectivity index (χ4n) is 4.75. The van der Waals surface area contributed by atoms with Crippen LogP contribution in [-0.4, -0.2) is 48.6 Å². The van der Waals surface area contributed by atoms with E-state index in [4.69, 9.17) is 4.74 Å². The number of nitro groups is 1. The van der Waals surface area contributed by atoms with E-state index in [1.807, 2.05) is 4.90 Å². The molecule has 2 atom stereocenters. The molecule has 5 rings (SSSR count). The van der Waals surface area contributed by atoms with Gasteiger partial charge in [-0.25, -0.2) is 14.1 Å². The maximum absolute atomic E-state index is 13.8. The molecule has 2 saturated heterocycles. The van der Waals surface area contributed by atoms with Gasteiger partial charge in [0.05, 0.1) is 29.9 Å². The van der Waals surface area contributed by atoms with Crippen molar-refractivity contribution in [2.45, 2.75) is 12.5 Å². The van der Waals surface area contributed by atoms with Gasteiger partial charge in [-0.15, -0.1) is 0 Å². The first-order valence-electron chi connectivity index (χ1n) is 9.90. The predicted octanol–water partition coefficient (Wildman–Crippen LogP) is 1.76. The quantitative estimate of drug-likeness (QED) is 0.429. The summed E-state index contributed by atoms with van der Waals surface area (Å²) in [6, 6.07) is 7.41. The molecule has 1 spiro atoms. The van der Waals surface area contributed by atoms with Gasteiger partial charge in [0.2, 0.25) is 5.91 Å². The fraction of sp³-hybridized carbons (Fsp3) is 0.286. The number of imide groups is 2. The van der Waals surface area contributed by atoms with Gasteiger partial charge in [-0.3, -0.25) is 25.0 Å². The Labute approximate surface area is 180 Å². The molecule has 2 aromatic carbocycles. The zero-order valence-electron chi connectivity index (χ0n) is 16.6. The van der Waals surface area contributed by atoms with Crippen LogP contribution in [-0.2, 0) is 20.7 Å². The van der Waals surface area contributed by atoms with Gasteiger partial charge in [-0.1, -0.05) is 0 Å². The molecular weight excluding hydrogens is 423 g/mol. The number of hydrogen-bond acceptors (Lipinski definition) is 7. The molecule has 0 radical (unpaired) electrons. The van der Waals surface area contributed by atoms with E-state index in [0.717, 1.165) is 17.0 Å². The number of morpholine rings is 1. The van der Waals surface area contributed by atoms with Crippen molar-refractivity contribution in [2.24, 2.45) is 5.41 Å². The van der Waals surface area contributed by atoms with Crippen molar-refractivity contribution in [1.82, 2.24) is 5.32 Å². The summed E-state index contributed by atoms with van der Waals surface area (Å²) >= 11 is 0. The molecule has 10 nitrogen and oxygen atoms in total. The van der Waals surface area contributed by atoms with Crippen molar-refractivity contribution in [1.29, 1.82) is 0 Å². The van der Waals surface area contributed by atoms with E-state index < -0.39 is 40.0 Å². The number of benzene rings is 2. The van der Waals surface area contributed by atoms with E-state index in [-0.39, 0.29) is 24.4 Å². The molecular formula is C21H17FN4O6. The van der Waals surface area contributed by atoms with Crippen LogP contribution in [0.3, 0.4) is 0 Å². The minimum absolute atomic E-state index is 0.0566. The number of nitrogens with one attached hydrogen (secondary N) is 1. The number of nitro benzene ring substituents is 1. The van der Waals surface area contributed by atoms with Gasteiger partial charge in [0.15, 0.2) is 5.41 Å². The summed E-state index contributed by atoms with van der Waals surface area (Å²) < 4.78 is 19.0. The standard InChI is InChI=1S/C21H17FN4O6/c22-13-1-3-14(4-2-13)25-19(28)21(18(27)23-20(25)29)10-12-9-15(26(30)31)5-6-16(12)24-7-8-32-11-17(21)24/h1-6,9,17H,7-8,10-11H2,(H,23,27,29). The fourth-order valence-corrected chi connectivity index (χ4v) is 4.75. The summed E-state index contributed by atoms with van der Waals surface area (Å²) in [5.41, 5.74) is -0.686. The van der Waals surface area contributed by atoms with Crippen LogP contribution >= 0.6 is 0 Å². The van der Waals surface area contributed by atoms with E-state index in [1.165, 1.54) is 24.3 Å². The molecule has 0 bridgehead atoms. The second-order valence-electron chi connectivity index (χ2n) is 7.88. The van der Waals surface area contributed by atoms with Gasteiger partial charge in [0, 0.05) is 30.8 Å². The number of urea groups is 1. The molecule has 2 fully saturated rings. The molecule has 0 aromatic heterocycles. The van der Waals surface area contributed by atoms with Gasteiger partial charge >= 0.3 is 6.03 Å². The van der Waals surface area contributed by atoms with Crippen LogP contribution in [0.15, 0.2) is 42.5 Å². The Morgan fingerprint density at radius 2 is 1.91 bits per heavy atom.